The molecule has 0 aliphatic carbocycles. The molecule has 1 amide bonds. The van der Waals surface area contributed by atoms with Crippen molar-refractivity contribution in [1.82, 2.24) is 24.4 Å². The third kappa shape index (κ3) is 3.07. The molecule has 1 aromatic carbocycles. The first kappa shape index (κ1) is 19.3. The van der Waals surface area contributed by atoms with Gasteiger partial charge in [0.15, 0.2) is 0 Å². The number of pyridine rings is 1. The number of rotatable bonds is 4. The van der Waals surface area contributed by atoms with Crippen LogP contribution in [0.1, 0.15) is 16.1 Å². The number of carbonyl (C=O) groups is 1. The first-order valence-electron chi connectivity index (χ1n) is 9.83. The van der Waals surface area contributed by atoms with E-state index in [9.17, 15) is 4.79 Å². The second-order valence-electron chi connectivity index (χ2n) is 7.38. The lowest BCUT2D eigenvalue weighted by Crippen LogP contribution is -2.18. The van der Waals surface area contributed by atoms with Gasteiger partial charge in [0.2, 0.25) is 0 Å². The van der Waals surface area contributed by atoms with Crippen molar-refractivity contribution in [3.05, 3.63) is 60.2 Å². The number of aryl methyl sites for hydroxylation is 2. The van der Waals surface area contributed by atoms with Gasteiger partial charge in [-0.15, -0.1) is 11.3 Å². The molecule has 7 nitrogen and oxygen atoms in total. The van der Waals surface area contributed by atoms with E-state index in [1.54, 1.807) is 30.8 Å². The van der Waals surface area contributed by atoms with Gasteiger partial charge in [-0.3, -0.25) is 9.78 Å². The van der Waals surface area contributed by atoms with E-state index in [1.165, 1.54) is 0 Å². The van der Waals surface area contributed by atoms with Crippen LogP contribution in [0.4, 0.5) is 0 Å². The van der Waals surface area contributed by atoms with E-state index < -0.39 is 0 Å². The molecule has 5 aromatic rings. The highest BCUT2D eigenvalue weighted by atomic mass is 32.1. The number of ether oxygens (including phenoxy) is 1. The summed E-state index contributed by atoms with van der Waals surface area (Å²) in [7, 11) is 5.58. The average molecular weight is 432 g/mol. The zero-order valence-electron chi connectivity index (χ0n) is 17.6. The van der Waals surface area contributed by atoms with Crippen LogP contribution in [-0.2, 0) is 14.1 Å². The van der Waals surface area contributed by atoms with E-state index in [1.807, 2.05) is 66.7 Å². The van der Waals surface area contributed by atoms with Crippen LogP contribution in [0.5, 0.6) is 11.5 Å². The molecular weight excluding hydrogens is 410 g/mol. The van der Waals surface area contributed by atoms with Crippen molar-refractivity contribution in [2.24, 2.45) is 14.1 Å². The number of hydrogen-bond donors (Lipinski definition) is 1. The topological polar surface area (TPSA) is 74.0 Å². The fourth-order valence-electron chi connectivity index (χ4n) is 3.85. The van der Waals surface area contributed by atoms with Crippen molar-refractivity contribution < 1.29 is 9.53 Å². The predicted molar refractivity (Wildman–Crippen MR) is 123 cm³/mol. The van der Waals surface area contributed by atoms with Crippen molar-refractivity contribution in [3.63, 3.8) is 0 Å². The zero-order valence-corrected chi connectivity index (χ0v) is 18.4. The lowest BCUT2D eigenvalue weighted by atomic mass is 10.1. The zero-order chi connectivity index (χ0) is 21.7. The molecule has 1 N–H and O–H groups in total. The van der Waals surface area contributed by atoms with Crippen molar-refractivity contribution in [2.75, 3.05) is 7.05 Å². The first-order chi connectivity index (χ1) is 15.0. The van der Waals surface area contributed by atoms with E-state index in [-0.39, 0.29) is 5.91 Å². The second kappa shape index (κ2) is 7.24. The summed E-state index contributed by atoms with van der Waals surface area (Å²) in [5.74, 6) is 2.26. The number of aromatic nitrogens is 4. The molecule has 0 aliphatic heterocycles. The predicted octanol–water partition coefficient (Wildman–Crippen LogP) is 4.65. The number of amides is 1. The molecular formula is C23H21N5O2S. The Bertz CT molecular complexity index is 1460. The van der Waals surface area contributed by atoms with Crippen molar-refractivity contribution in [1.29, 1.82) is 0 Å². The van der Waals surface area contributed by atoms with E-state index in [0.29, 0.717) is 11.3 Å². The lowest BCUT2D eigenvalue weighted by Gasteiger charge is -2.07. The Labute approximate surface area is 182 Å². The molecule has 0 aliphatic rings. The van der Waals surface area contributed by atoms with Gasteiger partial charge in [0.25, 0.3) is 5.91 Å². The largest absolute Gasteiger partial charge is 0.456 e. The summed E-state index contributed by atoms with van der Waals surface area (Å²) in [6.07, 6.45) is 5.46. The maximum absolute atomic E-state index is 12.3. The summed E-state index contributed by atoms with van der Waals surface area (Å²) in [4.78, 5) is 22.3. The fraction of sp³-hybridized carbons (Fsp3) is 0.174. The number of fused-ring (bicyclic) bond motifs is 2. The fourth-order valence-corrected chi connectivity index (χ4v) is 4.96. The Balaban J connectivity index is 1.57. The smallest absolute Gasteiger partial charge is 0.253 e. The standard InChI is InChI=1S/C23H21N5O2S/c1-13-20(23(29)24-2)15-6-5-14(11-17(15)28(13)4)30-18-7-8-25-16-12-19(31-21(16)18)22-26-9-10-27(22)3/h5-12H,1-4H3,(H,24,29). The Morgan fingerprint density at radius 3 is 2.71 bits per heavy atom. The van der Waals surface area contributed by atoms with Crippen molar-refractivity contribution in [2.45, 2.75) is 6.92 Å². The second-order valence-corrected chi connectivity index (χ2v) is 8.43. The van der Waals surface area contributed by atoms with Gasteiger partial charge in [0.1, 0.15) is 17.3 Å². The summed E-state index contributed by atoms with van der Waals surface area (Å²) in [5, 5.41) is 3.63. The number of imidazole rings is 1. The number of nitrogens with one attached hydrogen (secondary N) is 1. The lowest BCUT2D eigenvalue weighted by molar-refractivity contribution is 0.0964. The van der Waals surface area contributed by atoms with Crippen LogP contribution in [0.3, 0.4) is 0 Å². The number of benzene rings is 1. The van der Waals surface area contributed by atoms with Gasteiger partial charge >= 0.3 is 0 Å². The summed E-state index contributed by atoms with van der Waals surface area (Å²) < 4.78 is 11.2. The van der Waals surface area contributed by atoms with Gasteiger partial charge < -0.3 is 19.2 Å². The molecule has 5 rings (SSSR count). The molecule has 0 unspecified atom stereocenters. The Morgan fingerprint density at radius 1 is 1.13 bits per heavy atom. The minimum atomic E-state index is -0.0898. The van der Waals surface area contributed by atoms with Crippen LogP contribution in [-0.4, -0.2) is 32.1 Å². The van der Waals surface area contributed by atoms with Gasteiger partial charge in [0.05, 0.1) is 26.2 Å². The van der Waals surface area contributed by atoms with E-state index in [4.69, 9.17) is 4.74 Å². The highest BCUT2D eigenvalue weighted by Crippen LogP contribution is 2.39. The molecule has 156 valence electrons. The van der Waals surface area contributed by atoms with Crippen LogP contribution in [0.15, 0.2) is 48.9 Å². The van der Waals surface area contributed by atoms with Gasteiger partial charge in [0, 0.05) is 62.9 Å². The van der Waals surface area contributed by atoms with Gasteiger partial charge in [-0.2, -0.15) is 0 Å². The third-order valence-electron chi connectivity index (χ3n) is 5.56. The Morgan fingerprint density at radius 2 is 1.97 bits per heavy atom. The van der Waals surface area contributed by atoms with Crippen molar-refractivity contribution >= 4 is 38.4 Å². The van der Waals surface area contributed by atoms with Crippen molar-refractivity contribution in [3.8, 4) is 22.2 Å². The van der Waals surface area contributed by atoms with E-state index in [0.717, 1.165) is 43.3 Å². The SMILES string of the molecule is CNC(=O)c1c(C)n(C)c2cc(Oc3ccnc4cc(-c5nccn5C)sc34)ccc12. The number of thiophene rings is 1. The molecule has 0 bridgehead atoms. The molecule has 0 radical (unpaired) electrons. The molecule has 0 saturated heterocycles. The molecule has 0 saturated carbocycles. The normalized spacial score (nSPS) is 11.4. The quantitative estimate of drug-likeness (QED) is 0.450. The number of carbonyl (C=O) groups excluding carboxylic acids is 1. The minimum Gasteiger partial charge on any atom is -0.456 e. The van der Waals surface area contributed by atoms with Gasteiger partial charge in [-0.05, 0) is 25.1 Å². The van der Waals surface area contributed by atoms with E-state index in [2.05, 4.69) is 15.3 Å². The van der Waals surface area contributed by atoms with Gasteiger partial charge in [-0.1, -0.05) is 0 Å². The number of hydrogen-bond acceptors (Lipinski definition) is 5. The molecule has 0 atom stereocenters. The van der Waals surface area contributed by atoms with Crippen LogP contribution >= 0.6 is 11.3 Å². The summed E-state index contributed by atoms with van der Waals surface area (Å²) in [6.45, 7) is 1.95. The minimum absolute atomic E-state index is 0.0898. The molecule has 31 heavy (non-hydrogen) atoms. The molecule has 0 fully saturated rings. The maximum atomic E-state index is 12.3. The van der Waals surface area contributed by atoms with Crippen LogP contribution in [0.2, 0.25) is 0 Å². The van der Waals surface area contributed by atoms with Crippen LogP contribution in [0, 0.1) is 6.92 Å². The number of nitrogens with zero attached hydrogens (tertiary/aromatic N) is 4. The monoisotopic (exact) mass is 431 g/mol. The summed E-state index contributed by atoms with van der Waals surface area (Å²) in [5.41, 5.74) is 3.42. The molecule has 8 heteroatoms. The molecule has 4 aromatic heterocycles. The molecule has 4 heterocycles. The van der Waals surface area contributed by atoms with Gasteiger partial charge in [-0.25, -0.2) is 4.98 Å². The highest BCUT2D eigenvalue weighted by molar-refractivity contribution is 7.22. The first-order valence-corrected chi connectivity index (χ1v) is 10.6. The van der Waals surface area contributed by atoms with E-state index >= 15 is 0 Å². The average Bonchev–Trinajstić information content (AvgIpc) is 3.45. The highest BCUT2D eigenvalue weighted by Gasteiger charge is 2.19. The van der Waals surface area contributed by atoms with Crippen LogP contribution < -0.4 is 10.1 Å². The Kier molecular flexibility index (Phi) is 4.51. The summed E-state index contributed by atoms with van der Waals surface area (Å²) in [6, 6.07) is 9.71. The summed E-state index contributed by atoms with van der Waals surface area (Å²) >= 11 is 1.61. The Hall–Kier alpha value is -3.65. The third-order valence-corrected chi connectivity index (χ3v) is 6.70. The maximum Gasteiger partial charge on any atom is 0.253 e. The molecule has 0 spiro atoms. The van der Waals surface area contributed by atoms with Crippen LogP contribution in [0.25, 0.3) is 31.8 Å².